The van der Waals surface area contributed by atoms with Gasteiger partial charge in [0, 0.05) is 56.8 Å². The third-order valence-corrected chi connectivity index (χ3v) is 8.12. The van der Waals surface area contributed by atoms with Gasteiger partial charge in [-0.3, -0.25) is 4.98 Å². The Hall–Kier alpha value is -4.11. The first-order chi connectivity index (χ1) is 22.1. The minimum absolute atomic E-state index is 0.430. The molecule has 4 aromatic rings. The molecule has 0 saturated carbocycles. The SMILES string of the molecule is COc1cccc(CCOCCOCc2cc(N(Cc3cccc(OC)c3)Cc3cccc(N4CCN(C)CC4)c3)ccn2)c1. The third kappa shape index (κ3) is 9.94. The second kappa shape index (κ2) is 16.8. The fourth-order valence-corrected chi connectivity index (χ4v) is 5.52. The van der Waals surface area contributed by atoms with Gasteiger partial charge in [0.05, 0.1) is 46.3 Å². The molecule has 0 atom stereocenters. The predicted molar refractivity (Wildman–Crippen MR) is 180 cm³/mol. The van der Waals surface area contributed by atoms with Gasteiger partial charge in [-0.25, -0.2) is 0 Å². The second-order valence-corrected chi connectivity index (χ2v) is 11.4. The number of ether oxygens (including phenoxy) is 4. The standard InChI is InChI=1S/C37H46N4O4/c1-39-16-18-40(19-17-39)34-10-4-8-31(23-34)27-41(28-32-9-6-12-37(25-32)43-3)35-13-15-38-33(26-35)29-45-22-21-44-20-14-30-7-5-11-36(24-30)42-2/h4-13,15,23-26H,14,16-22,27-29H2,1-3H3. The van der Waals surface area contributed by atoms with Crippen LogP contribution in [0.15, 0.2) is 91.1 Å². The molecule has 0 spiro atoms. The monoisotopic (exact) mass is 610 g/mol. The molecule has 0 unspecified atom stereocenters. The van der Waals surface area contributed by atoms with Gasteiger partial charge in [0.1, 0.15) is 11.5 Å². The number of hydrogen-bond donors (Lipinski definition) is 0. The Morgan fingerprint density at radius 2 is 1.33 bits per heavy atom. The van der Waals surface area contributed by atoms with Gasteiger partial charge in [0.25, 0.3) is 0 Å². The lowest BCUT2D eigenvalue weighted by Gasteiger charge is -2.34. The molecule has 45 heavy (non-hydrogen) atoms. The Labute approximate surface area is 268 Å². The average Bonchev–Trinajstić information content (AvgIpc) is 3.08. The van der Waals surface area contributed by atoms with E-state index in [4.69, 9.17) is 18.9 Å². The van der Waals surface area contributed by atoms with Crippen molar-refractivity contribution in [1.82, 2.24) is 9.88 Å². The molecule has 3 aromatic carbocycles. The minimum Gasteiger partial charge on any atom is -0.497 e. The maximum Gasteiger partial charge on any atom is 0.119 e. The number of rotatable bonds is 16. The smallest absolute Gasteiger partial charge is 0.119 e. The maximum atomic E-state index is 5.95. The zero-order valence-corrected chi connectivity index (χ0v) is 26.9. The Kier molecular flexibility index (Phi) is 12.1. The molecule has 1 aromatic heterocycles. The number of benzene rings is 3. The molecule has 8 heteroatoms. The first kappa shape index (κ1) is 32.3. The van der Waals surface area contributed by atoms with Gasteiger partial charge in [-0.2, -0.15) is 0 Å². The summed E-state index contributed by atoms with van der Waals surface area (Å²) < 4.78 is 22.6. The van der Waals surface area contributed by atoms with Crippen molar-refractivity contribution in [2.45, 2.75) is 26.1 Å². The van der Waals surface area contributed by atoms with Crippen molar-refractivity contribution in [2.75, 3.05) is 77.1 Å². The zero-order valence-electron chi connectivity index (χ0n) is 26.9. The highest BCUT2D eigenvalue weighted by molar-refractivity contribution is 5.52. The summed E-state index contributed by atoms with van der Waals surface area (Å²) >= 11 is 0. The highest BCUT2D eigenvalue weighted by Gasteiger charge is 2.16. The number of methoxy groups -OCH3 is 2. The summed E-state index contributed by atoms with van der Waals surface area (Å²) in [6.07, 6.45) is 2.71. The van der Waals surface area contributed by atoms with E-state index in [-0.39, 0.29) is 0 Å². The van der Waals surface area contributed by atoms with Crippen LogP contribution in [0.5, 0.6) is 11.5 Å². The summed E-state index contributed by atoms with van der Waals surface area (Å²) in [4.78, 5) is 11.9. The molecule has 0 aliphatic carbocycles. The van der Waals surface area contributed by atoms with Crippen molar-refractivity contribution in [3.05, 3.63) is 114 Å². The molecule has 1 fully saturated rings. The number of pyridine rings is 1. The number of anilines is 2. The van der Waals surface area contributed by atoms with Gasteiger partial charge in [-0.15, -0.1) is 0 Å². The second-order valence-electron chi connectivity index (χ2n) is 11.4. The highest BCUT2D eigenvalue weighted by Crippen LogP contribution is 2.25. The van der Waals surface area contributed by atoms with Gasteiger partial charge in [-0.05, 0) is 78.7 Å². The molecule has 1 aliphatic rings. The van der Waals surface area contributed by atoms with Crippen LogP contribution in [0.2, 0.25) is 0 Å². The van der Waals surface area contributed by atoms with Crippen LogP contribution in [0.4, 0.5) is 11.4 Å². The molecule has 0 radical (unpaired) electrons. The molecule has 0 bridgehead atoms. The van der Waals surface area contributed by atoms with Gasteiger partial charge >= 0.3 is 0 Å². The molecular formula is C37H46N4O4. The van der Waals surface area contributed by atoms with Crippen LogP contribution in [0.1, 0.15) is 22.4 Å². The molecule has 1 saturated heterocycles. The Balaban J connectivity index is 1.20. The number of piperazine rings is 1. The summed E-state index contributed by atoms with van der Waals surface area (Å²) in [5, 5.41) is 0. The van der Waals surface area contributed by atoms with E-state index in [1.54, 1.807) is 14.2 Å². The zero-order chi connectivity index (χ0) is 31.3. The van der Waals surface area contributed by atoms with E-state index in [0.717, 1.165) is 68.6 Å². The third-order valence-electron chi connectivity index (χ3n) is 8.12. The van der Waals surface area contributed by atoms with Crippen molar-refractivity contribution < 1.29 is 18.9 Å². The largest absolute Gasteiger partial charge is 0.497 e. The summed E-state index contributed by atoms with van der Waals surface area (Å²) in [5.74, 6) is 1.73. The summed E-state index contributed by atoms with van der Waals surface area (Å²) in [6, 6.07) is 29.5. The van der Waals surface area contributed by atoms with Crippen molar-refractivity contribution in [2.24, 2.45) is 0 Å². The van der Waals surface area contributed by atoms with Crippen LogP contribution in [0, 0.1) is 0 Å². The molecule has 8 nitrogen and oxygen atoms in total. The van der Waals surface area contributed by atoms with Crippen molar-refractivity contribution in [3.63, 3.8) is 0 Å². The topological polar surface area (TPSA) is 59.5 Å². The van der Waals surface area contributed by atoms with Crippen LogP contribution in [0.3, 0.4) is 0 Å². The Morgan fingerprint density at radius 1 is 0.689 bits per heavy atom. The lowest BCUT2D eigenvalue weighted by molar-refractivity contribution is 0.0405. The highest BCUT2D eigenvalue weighted by atomic mass is 16.5. The van der Waals surface area contributed by atoms with E-state index in [1.807, 2.05) is 36.5 Å². The van der Waals surface area contributed by atoms with Gasteiger partial charge in [0.2, 0.25) is 0 Å². The number of likely N-dealkylation sites (N-methyl/N-ethyl adjacent to an activating group) is 1. The van der Waals surface area contributed by atoms with Crippen molar-refractivity contribution in [3.8, 4) is 11.5 Å². The van der Waals surface area contributed by atoms with E-state index in [1.165, 1.54) is 22.4 Å². The first-order valence-electron chi connectivity index (χ1n) is 15.7. The molecular weight excluding hydrogens is 564 g/mol. The average molecular weight is 611 g/mol. The molecule has 2 heterocycles. The molecule has 1 aliphatic heterocycles. The van der Waals surface area contributed by atoms with Crippen LogP contribution in [-0.4, -0.2) is 77.2 Å². The van der Waals surface area contributed by atoms with E-state index < -0.39 is 0 Å². The van der Waals surface area contributed by atoms with Crippen molar-refractivity contribution in [1.29, 1.82) is 0 Å². The first-order valence-corrected chi connectivity index (χ1v) is 15.7. The minimum atomic E-state index is 0.430. The molecule has 0 amide bonds. The predicted octanol–water partition coefficient (Wildman–Crippen LogP) is 5.83. The molecule has 0 N–H and O–H groups in total. The summed E-state index contributed by atoms with van der Waals surface area (Å²) in [5.41, 5.74) is 6.94. The lowest BCUT2D eigenvalue weighted by Crippen LogP contribution is -2.44. The van der Waals surface area contributed by atoms with E-state index >= 15 is 0 Å². The van der Waals surface area contributed by atoms with Crippen LogP contribution in [0.25, 0.3) is 0 Å². The number of aromatic nitrogens is 1. The summed E-state index contributed by atoms with van der Waals surface area (Å²) in [6.45, 7) is 7.89. The Morgan fingerprint density at radius 3 is 2.07 bits per heavy atom. The molecule has 5 rings (SSSR count). The summed E-state index contributed by atoms with van der Waals surface area (Å²) in [7, 11) is 5.59. The van der Waals surface area contributed by atoms with Crippen LogP contribution in [-0.2, 0) is 35.6 Å². The van der Waals surface area contributed by atoms with Gasteiger partial charge in [-0.1, -0.05) is 36.4 Å². The fraction of sp³-hybridized carbons (Fsp3) is 0.378. The van der Waals surface area contributed by atoms with Crippen LogP contribution < -0.4 is 19.3 Å². The van der Waals surface area contributed by atoms with Crippen LogP contribution >= 0.6 is 0 Å². The Bertz CT molecular complexity index is 1470. The lowest BCUT2D eigenvalue weighted by atomic mass is 10.1. The normalized spacial score (nSPS) is 13.5. The van der Waals surface area contributed by atoms with Gasteiger partial charge in [0.15, 0.2) is 0 Å². The van der Waals surface area contributed by atoms with Gasteiger partial charge < -0.3 is 33.6 Å². The number of nitrogens with zero attached hydrogens (tertiary/aromatic N) is 4. The van der Waals surface area contributed by atoms with Crippen molar-refractivity contribution >= 4 is 11.4 Å². The van der Waals surface area contributed by atoms with E-state index in [0.29, 0.717) is 26.4 Å². The molecule has 238 valence electrons. The van der Waals surface area contributed by atoms with E-state index in [2.05, 4.69) is 81.3 Å². The van der Waals surface area contributed by atoms with E-state index in [9.17, 15) is 0 Å². The maximum absolute atomic E-state index is 5.95. The fourth-order valence-electron chi connectivity index (χ4n) is 5.52. The quantitative estimate of drug-likeness (QED) is 0.147. The number of hydrogen-bond acceptors (Lipinski definition) is 8.